The molecule has 0 aromatic heterocycles. The lowest BCUT2D eigenvalue weighted by molar-refractivity contribution is 0.0809. The van der Waals surface area contributed by atoms with Crippen molar-refractivity contribution in [1.82, 2.24) is 4.90 Å². The number of ether oxygens (including phenoxy) is 2. The summed E-state index contributed by atoms with van der Waals surface area (Å²) >= 11 is 0. The Kier molecular flexibility index (Phi) is 4.41. The molecule has 1 rings (SSSR count). The van der Waals surface area contributed by atoms with Crippen LogP contribution in [0.4, 0.5) is 0 Å². The van der Waals surface area contributed by atoms with Crippen molar-refractivity contribution in [2.75, 3.05) is 27.8 Å². The van der Waals surface area contributed by atoms with E-state index in [1.54, 1.807) is 32.4 Å². The average Bonchev–Trinajstić information content (AvgIpc) is 2.37. The summed E-state index contributed by atoms with van der Waals surface area (Å²) in [4.78, 5) is 13.5. The number of rotatable bonds is 4. The lowest BCUT2D eigenvalue weighted by atomic mass is 10.1. The quantitative estimate of drug-likeness (QED) is 0.738. The summed E-state index contributed by atoms with van der Waals surface area (Å²) in [5, 5.41) is 0. The smallest absolute Gasteiger partial charge is 0.258 e. The highest BCUT2D eigenvalue weighted by Crippen LogP contribution is 2.25. The van der Waals surface area contributed by atoms with Gasteiger partial charge in [0.25, 0.3) is 5.91 Å². The molecule has 0 radical (unpaired) electrons. The third-order valence-corrected chi connectivity index (χ3v) is 2.31. The molecule has 4 heteroatoms. The second-order valence-electron chi connectivity index (χ2n) is 3.43. The fraction of sp³-hybridized carbons (Fsp3) is 0.308. The molecule has 0 bridgehead atoms. The van der Waals surface area contributed by atoms with Gasteiger partial charge in [0.2, 0.25) is 0 Å². The number of terminal acetylenes is 1. The Morgan fingerprint density at radius 3 is 2.65 bits per heavy atom. The zero-order valence-corrected chi connectivity index (χ0v) is 10.2. The van der Waals surface area contributed by atoms with E-state index in [4.69, 9.17) is 15.9 Å². The van der Waals surface area contributed by atoms with Crippen molar-refractivity contribution in [3.8, 4) is 23.8 Å². The van der Waals surface area contributed by atoms with Crippen molar-refractivity contribution in [1.29, 1.82) is 0 Å². The summed E-state index contributed by atoms with van der Waals surface area (Å²) in [6.07, 6.45) is 5.17. The van der Waals surface area contributed by atoms with E-state index in [0.717, 1.165) is 0 Å². The first kappa shape index (κ1) is 12.9. The molecule has 0 unspecified atom stereocenters. The van der Waals surface area contributed by atoms with Crippen LogP contribution in [0.2, 0.25) is 0 Å². The van der Waals surface area contributed by atoms with Gasteiger partial charge in [0, 0.05) is 13.1 Å². The number of amides is 1. The van der Waals surface area contributed by atoms with Crippen LogP contribution in [0.1, 0.15) is 10.4 Å². The number of methoxy groups -OCH3 is 2. The van der Waals surface area contributed by atoms with Gasteiger partial charge in [-0.05, 0) is 12.1 Å². The molecular weight excluding hydrogens is 218 g/mol. The summed E-state index contributed by atoms with van der Waals surface area (Å²) in [7, 11) is 4.71. The Balaban J connectivity index is 3.05. The maximum atomic E-state index is 12.0. The van der Waals surface area contributed by atoms with E-state index < -0.39 is 0 Å². The maximum Gasteiger partial charge on any atom is 0.258 e. The van der Waals surface area contributed by atoms with E-state index in [-0.39, 0.29) is 12.5 Å². The highest BCUT2D eigenvalue weighted by Gasteiger charge is 2.16. The van der Waals surface area contributed by atoms with Gasteiger partial charge < -0.3 is 14.4 Å². The molecule has 1 amide bonds. The molecule has 1 aromatic carbocycles. The monoisotopic (exact) mass is 233 g/mol. The van der Waals surface area contributed by atoms with Crippen LogP contribution in [0, 0.1) is 12.3 Å². The summed E-state index contributed by atoms with van der Waals surface area (Å²) in [5.41, 5.74) is 0.464. The lowest BCUT2D eigenvalue weighted by Gasteiger charge is -2.16. The van der Waals surface area contributed by atoms with E-state index in [9.17, 15) is 4.79 Å². The maximum absolute atomic E-state index is 12.0. The second kappa shape index (κ2) is 5.80. The van der Waals surface area contributed by atoms with Crippen LogP contribution < -0.4 is 9.47 Å². The molecule has 0 saturated carbocycles. The zero-order chi connectivity index (χ0) is 12.8. The van der Waals surface area contributed by atoms with Crippen molar-refractivity contribution in [2.45, 2.75) is 0 Å². The molecule has 17 heavy (non-hydrogen) atoms. The van der Waals surface area contributed by atoms with Crippen molar-refractivity contribution in [2.24, 2.45) is 0 Å². The molecule has 0 aliphatic rings. The molecule has 0 fully saturated rings. The summed E-state index contributed by atoms with van der Waals surface area (Å²) < 4.78 is 10.2. The second-order valence-corrected chi connectivity index (χ2v) is 3.43. The van der Waals surface area contributed by atoms with Gasteiger partial charge in [-0.15, -0.1) is 6.42 Å². The number of nitrogens with zero attached hydrogens (tertiary/aromatic N) is 1. The average molecular weight is 233 g/mol. The van der Waals surface area contributed by atoms with Crippen LogP contribution in [0.5, 0.6) is 11.5 Å². The standard InChI is InChI=1S/C13H15NO3/c1-5-8-14(2)13(15)11-7-6-10(16-3)9-12(11)17-4/h1,6-7,9H,8H2,2-4H3. The fourth-order valence-corrected chi connectivity index (χ4v) is 1.39. The first-order valence-corrected chi connectivity index (χ1v) is 5.05. The topological polar surface area (TPSA) is 38.8 Å². The van der Waals surface area contributed by atoms with Crippen molar-refractivity contribution >= 4 is 5.91 Å². The van der Waals surface area contributed by atoms with Gasteiger partial charge in [0.15, 0.2) is 0 Å². The Morgan fingerprint density at radius 2 is 2.12 bits per heavy atom. The van der Waals surface area contributed by atoms with Crippen molar-refractivity contribution < 1.29 is 14.3 Å². The van der Waals surface area contributed by atoms with E-state index in [1.807, 2.05) is 0 Å². The number of benzene rings is 1. The normalized spacial score (nSPS) is 9.29. The van der Waals surface area contributed by atoms with Crippen LogP contribution in [0.25, 0.3) is 0 Å². The summed E-state index contributed by atoms with van der Waals surface area (Å²) in [6, 6.07) is 5.03. The number of carbonyl (C=O) groups excluding carboxylic acids is 1. The van der Waals surface area contributed by atoms with Crippen LogP contribution >= 0.6 is 0 Å². The summed E-state index contributed by atoms with van der Waals surface area (Å²) in [6.45, 7) is 0.258. The lowest BCUT2D eigenvalue weighted by Crippen LogP contribution is -2.27. The van der Waals surface area contributed by atoms with Crippen LogP contribution in [-0.2, 0) is 0 Å². The molecule has 0 saturated heterocycles. The van der Waals surface area contributed by atoms with Crippen LogP contribution in [0.15, 0.2) is 18.2 Å². The van der Waals surface area contributed by atoms with Gasteiger partial charge in [-0.3, -0.25) is 4.79 Å². The summed E-state index contributed by atoms with van der Waals surface area (Å²) in [5.74, 6) is 3.35. The molecule has 90 valence electrons. The van der Waals surface area contributed by atoms with Gasteiger partial charge >= 0.3 is 0 Å². The van der Waals surface area contributed by atoms with E-state index in [1.165, 1.54) is 12.0 Å². The number of hydrogen-bond acceptors (Lipinski definition) is 3. The largest absolute Gasteiger partial charge is 0.497 e. The minimum absolute atomic E-state index is 0.178. The Morgan fingerprint density at radius 1 is 1.41 bits per heavy atom. The molecule has 0 N–H and O–H groups in total. The third-order valence-electron chi connectivity index (χ3n) is 2.31. The predicted molar refractivity (Wildman–Crippen MR) is 65.3 cm³/mol. The molecule has 4 nitrogen and oxygen atoms in total. The number of carbonyl (C=O) groups is 1. The van der Waals surface area contributed by atoms with E-state index >= 15 is 0 Å². The minimum Gasteiger partial charge on any atom is -0.497 e. The predicted octanol–water partition coefficient (Wildman–Crippen LogP) is 1.41. The third kappa shape index (κ3) is 2.91. The van der Waals surface area contributed by atoms with Gasteiger partial charge in [0.1, 0.15) is 11.5 Å². The number of hydrogen-bond donors (Lipinski definition) is 0. The first-order valence-electron chi connectivity index (χ1n) is 5.05. The Labute approximate surface area is 101 Å². The van der Waals surface area contributed by atoms with Gasteiger partial charge in [-0.25, -0.2) is 0 Å². The van der Waals surface area contributed by atoms with Gasteiger partial charge in [-0.2, -0.15) is 0 Å². The van der Waals surface area contributed by atoms with Crippen LogP contribution in [-0.4, -0.2) is 38.6 Å². The molecule has 0 aliphatic carbocycles. The Hall–Kier alpha value is -2.15. The van der Waals surface area contributed by atoms with Crippen molar-refractivity contribution in [3.63, 3.8) is 0 Å². The van der Waals surface area contributed by atoms with E-state index in [2.05, 4.69) is 5.92 Å². The Bertz CT molecular complexity index is 448. The fourth-order valence-electron chi connectivity index (χ4n) is 1.39. The van der Waals surface area contributed by atoms with Crippen molar-refractivity contribution in [3.05, 3.63) is 23.8 Å². The SMILES string of the molecule is C#CCN(C)C(=O)c1ccc(OC)cc1OC. The molecule has 0 spiro atoms. The molecule has 1 aromatic rings. The first-order chi connectivity index (χ1) is 8.13. The molecule has 0 heterocycles. The minimum atomic E-state index is -0.178. The van der Waals surface area contributed by atoms with Crippen LogP contribution in [0.3, 0.4) is 0 Å². The van der Waals surface area contributed by atoms with E-state index in [0.29, 0.717) is 17.1 Å². The molecule has 0 atom stereocenters. The van der Waals surface area contributed by atoms with Gasteiger partial charge in [-0.1, -0.05) is 5.92 Å². The highest BCUT2D eigenvalue weighted by atomic mass is 16.5. The molecular formula is C13H15NO3. The van der Waals surface area contributed by atoms with Gasteiger partial charge in [0.05, 0.1) is 26.3 Å². The zero-order valence-electron chi connectivity index (χ0n) is 10.2. The highest BCUT2D eigenvalue weighted by molar-refractivity contribution is 5.97. The molecule has 0 aliphatic heterocycles.